The Morgan fingerprint density at radius 3 is 2.79 bits per heavy atom. The number of nitrogens with one attached hydrogen (secondary N) is 2. The second kappa shape index (κ2) is 6.99. The fourth-order valence-corrected chi connectivity index (χ4v) is 1.54. The van der Waals surface area contributed by atoms with Crippen molar-refractivity contribution >= 4 is 6.03 Å². The van der Waals surface area contributed by atoms with Gasteiger partial charge in [0, 0.05) is 6.54 Å². The largest absolute Gasteiger partial charge is 0.497 e. The van der Waals surface area contributed by atoms with E-state index in [9.17, 15) is 4.79 Å². The topological polar surface area (TPSA) is 70.6 Å². The van der Waals surface area contributed by atoms with E-state index in [0.29, 0.717) is 6.54 Å². The van der Waals surface area contributed by atoms with Gasteiger partial charge in [-0.1, -0.05) is 12.1 Å². The minimum atomic E-state index is -0.611. The third kappa shape index (κ3) is 5.61. The Bertz CT molecular complexity index is 419. The van der Waals surface area contributed by atoms with E-state index >= 15 is 0 Å². The van der Waals surface area contributed by atoms with E-state index in [0.717, 1.165) is 17.7 Å². The van der Waals surface area contributed by atoms with Gasteiger partial charge in [0.15, 0.2) is 0 Å². The van der Waals surface area contributed by atoms with E-state index < -0.39 is 5.54 Å². The fraction of sp³-hybridized carbons (Fsp3) is 0.500. The van der Waals surface area contributed by atoms with E-state index in [1.165, 1.54) is 0 Å². The molecule has 0 spiro atoms. The third-order valence-electron chi connectivity index (χ3n) is 2.68. The number of methoxy groups -OCH3 is 1. The Morgan fingerprint density at radius 1 is 1.42 bits per heavy atom. The molecule has 0 saturated carbocycles. The molecule has 5 nitrogen and oxygen atoms in total. The normalized spacial score (nSPS) is 10.9. The second-order valence-corrected chi connectivity index (χ2v) is 5.02. The van der Waals surface area contributed by atoms with Crippen molar-refractivity contribution in [2.24, 2.45) is 0 Å². The van der Waals surface area contributed by atoms with Gasteiger partial charge >= 0.3 is 6.03 Å². The van der Waals surface area contributed by atoms with Crippen molar-refractivity contribution in [2.75, 3.05) is 20.3 Å². The lowest BCUT2D eigenvalue weighted by Gasteiger charge is -2.23. The zero-order valence-corrected chi connectivity index (χ0v) is 11.7. The van der Waals surface area contributed by atoms with Crippen LogP contribution in [0.15, 0.2) is 24.3 Å². The molecule has 0 aliphatic carbocycles. The van der Waals surface area contributed by atoms with Crippen LogP contribution in [-0.4, -0.2) is 36.9 Å². The number of carbonyl (C=O) groups excluding carboxylic acids is 1. The number of aliphatic hydroxyl groups excluding tert-OH is 1. The fourth-order valence-electron chi connectivity index (χ4n) is 1.54. The number of hydrogen-bond acceptors (Lipinski definition) is 3. The predicted molar refractivity (Wildman–Crippen MR) is 74.4 cm³/mol. The number of amides is 2. The highest BCUT2D eigenvalue weighted by Gasteiger charge is 2.18. The maximum atomic E-state index is 11.6. The Kier molecular flexibility index (Phi) is 5.63. The molecule has 0 aromatic heterocycles. The van der Waals surface area contributed by atoms with Crippen molar-refractivity contribution in [3.05, 3.63) is 29.8 Å². The molecule has 0 aliphatic heterocycles. The molecule has 0 fully saturated rings. The first-order valence-corrected chi connectivity index (χ1v) is 6.26. The molecule has 0 radical (unpaired) electrons. The lowest BCUT2D eigenvalue weighted by atomic mass is 10.1. The summed E-state index contributed by atoms with van der Waals surface area (Å²) in [6, 6.07) is 7.45. The average Bonchev–Trinajstić information content (AvgIpc) is 2.38. The van der Waals surface area contributed by atoms with E-state index in [2.05, 4.69) is 10.6 Å². The first-order valence-electron chi connectivity index (χ1n) is 6.26. The number of urea groups is 1. The number of hydrogen-bond donors (Lipinski definition) is 3. The van der Waals surface area contributed by atoms with E-state index in [1.54, 1.807) is 21.0 Å². The van der Waals surface area contributed by atoms with Crippen molar-refractivity contribution in [2.45, 2.75) is 25.8 Å². The summed E-state index contributed by atoms with van der Waals surface area (Å²) in [7, 11) is 1.63. The summed E-state index contributed by atoms with van der Waals surface area (Å²) in [6.07, 6.45) is 0.726. The molecule has 2 amide bonds. The zero-order chi connectivity index (χ0) is 14.3. The Morgan fingerprint density at radius 2 is 2.16 bits per heavy atom. The number of aliphatic hydroxyl groups is 1. The first kappa shape index (κ1) is 15.3. The van der Waals surface area contributed by atoms with Crippen molar-refractivity contribution in [3.63, 3.8) is 0 Å². The highest BCUT2D eigenvalue weighted by Crippen LogP contribution is 2.12. The number of ether oxygens (including phenoxy) is 1. The summed E-state index contributed by atoms with van der Waals surface area (Å²) >= 11 is 0. The van der Waals surface area contributed by atoms with Gasteiger partial charge in [0.1, 0.15) is 5.75 Å². The van der Waals surface area contributed by atoms with Crippen LogP contribution < -0.4 is 15.4 Å². The highest BCUT2D eigenvalue weighted by atomic mass is 16.5. The molecular weight excluding hydrogens is 244 g/mol. The van der Waals surface area contributed by atoms with Crippen molar-refractivity contribution in [3.8, 4) is 5.75 Å². The van der Waals surface area contributed by atoms with Crippen LogP contribution in [0.3, 0.4) is 0 Å². The smallest absolute Gasteiger partial charge is 0.315 e. The molecule has 19 heavy (non-hydrogen) atoms. The molecule has 0 unspecified atom stereocenters. The molecule has 0 saturated heterocycles. The standard InChI is InChI=1S/C14H22N2O3/c1-14(2,10-17)16-13(18)15-8-7-11-5-4-6-12(9-11)19-3/h4-6,9,17H,7-8,10H2,1-3H3,(H2,15,16,18). The van der Waals surface area contributed by atoms with Gasteiger partial charge in [-0.2, -0.15) is 0 Å². The quantitative estimate of drug-likeness (QED) is 0.727. The van der Waals surface area contributed by atoms with Gasteiger partial charge in [0.25, 0.3) is 0 Å². The summed E-state index contributed by atoms with van der Waals surface area (Å²) in [5.41, 5.74) is 0.487. The predicted octanol–water partition coefficient (Wildman–Crippen LogP) is 1.31. The molecule has 3 N–H and O–H groups in total. The minimum Gasteiger partial charge on any atom is -0.497 e. The van der Waals surface area contributed by atoms with Crippen LogP contribution >= 0.6 is 0 Å². The Labute approximate surface area is 114 Å². The van der Waals surface area contributed by atoms with Gasteiger partial charge in [-0.15, -0.1) is 0 Å². The number of benzene rings is 1. The van der Waals surface area contributed by atoms with Crippen LogP contribution in [0.2, 0.25) is 0 Å². The molecule has 0 bridgehead atoms. The third-order valence-corrected chi connectivity index (χ3v) is 2.68. The molecular formula is C14H22N2O3. The van der Waals surface area contributed by atoms with Crippen LogP contribution in [-0.2, 0) is 6.42 Å². The van der Waals surface area contributed by atoms with Crippen LogP contribution in [0.4, 0.5) is 4.79 Å². The molecule has 0 heterocycles. The number of carbonyl (C=O) groups is 1. The zero-order valence-electron chi connectivity index (χ0n) is 11.7. The SMILES string of the molecule is COc1cccc(CCNC(=O)NC(C)(C)CO)c1. The van der Waals surface area contributed by atoms with Crippen LogP contribution in [0, 0.1) is 0 Å². The number of rotatable bonds is 6. The van der Waals surface area contributed by atoms with Crippen molar-refractivity contribution in [1.29, 1.82) is 0 Å². The van der Waals surface area contributed by atoms with Crippen molar-refractivity contribution < 1.29 is 14.6 Å². The van der Waals surface area contributed by atoms with Crippen LogP contribution in [0.5, 0.6) is 5.75 Å². The van der Waals surface area contributed by atoms with Gasteiger partial charge in [-0.05, 0) is 38.0 Å². The van der Waals surface area contributed by atoms with Crippen LogP contribution in [0.25, 0.3) is 0 Å². The molecule has 5 heteroatoms. The lowest BCUT2D eigenvalue weighted by molar-refractivity contribution is 0.182. The molecule has 0 aliphatic rings. The summed E-state index contributed by atoms with van der Waals surface area (Å²) in [5, 5.41) is 14.5. The highest BCUT2D eigenvalue weighted by molar-refractivity contribution is 5.74. The van der Waals surface area contributed by atoms with E-state index in [4.69, 9.17) is 9.84 Å². The first-order chi connectivity index (χ1) is 8.96. The summed E-state index contributed by atoms with van der Waals surface area (Å²) in [4.78, 5) is 11.6. The van der Waals surface area contributed by atoms with E-state index in [1.807, 2.05) is 24.3 Å². The molecule has 1 rings (SSSR count). The average molecular weight is 266 g/mol. The Hall–Kier alpha value is -1.75. The van der Waals surface area contributed by atoms with Crippen molar-refractivity contribution in [1.82, 2.24) is 10.6 Å². The minimum absolute atomic E-state index is 0.101. The monoisotopic (exact) mass is 266 g/mol. The maximum absolute atomic E-state index is 11.6. The molecule has 106 valence electrons. The molecule has 1 aromatic rings. The maximum Gasteiger partial charge on any atom is 0.315 e. The summed E-state index contributed by atoms with van der Waals surface area (Å²) < 4.78 is 5.14. The summed E-state index contributed by atoms with van der Waals surface area (Å²) in [6.45, 7) is 3.94. The molecule has 1 aromatic carbocycles. The summed E-state index contributed by atoms with van der Waals surface area (Å²) in [5.74, 6) is 0.809. The van der Waals surface area contributed by atoms with Gasteiger partial charge in [0.05, 0.1) is 19.3 Å². The van der Waals surface area contributed by atoms with Gasteiger partial charge in [0.2, 0.25) is 0 Å². The van der Waals surface area contributed by atoms with Gasteiger partial charge in [-0.25, -0.2) is 4.79 Å². The van der Waals surface area contributed by atoms with E-state index in [-0.39, 0.29) is 12.6 Å². The molecule has 0 atom stereocenters. The second-order valence-electron chi connectivity index (χ2n) is 5.02. The Balaban J connectivity index is 2.35. The lowest BCUT2D eigenvalue weighted by Crippen LogP contribution is -2.50. The van der Waals surface area contributed by atoms with Crippen LogP contribution in [0.1, 0.15) is 19.4 Å². The van der Waals surface area contributed by atoms with Gasteiger partial charge < -0.3 is 20.5 Å². The van der Waals surface area contributed by atoms with Gasteiger partial charge in [-0.3, -0.25) is 0 Å².